The van der Waals surface area contributed by atoms with Crippen molar-refractivity contribution < 1.29 is 27.4 Å². The van der Waals surface area contributed by atoms with Gasteiger partial charge in [-0.15, -0.1) is 0 Å². The van der Waals surface area contributed by atoms with Crippen LogP contribution >= 0.6 is 11.6 Å². The minimum Gasteiger partial charge on any atom is -0.492 e. The van der Waals surface area contributed by atoms with Gasteiger partial charge in [0.1, 0.15) is 12.4 Å². The van der Waals surface area contributed by atoms with Crippen LogP contribution in [0.4, 0.5) is 23.7 Å². The predicted octanol–water partition coefficient (Wildman–Crippen LogP) is 4.39. The van der Waals surface area contributed by atoms with Crippen molar-refractivity contribution in [3.63, 3.8) is 0 Å². The van der Waals surface area contributed by atoms with Gasteiger partial charge in [0.25, 0.3) is 0 Å². The van der Waals surface area contributed by atoms with Crippen molar-refractivity contribution in [3.8, 4) is 5.75 Å². The van der Waals surface area contributed by atoms with Crippen molar-refractivity contribution in [2.45, 2.75) is 12.7 Å². The van der Waals surface area contributed by atoms with E-state index in [4.69, 9.17) is 21.1 Å². The van der Waals surface area contributed by atoms with Gasteiger partial charge >= 0.3 is 12.2 Å². The van der Waals surface area contributed by atoms with Gasteiger partial charge in [-0.1, -0.05) is 23.7 Å². The third kappa shape index (κ3) is 7.30. The zero-order valence-electron chi connectivity index (χ0n) is 16.7. The van der Waals surface area contributed by atoms with Gasteiger partial charge in [0, 0.05) is 31.9 Å². The lowest BCUT2D eigenvalue weighted by Crippen LogP contribution is -2.38. The van der Waals surface area contributed by atoms with Gasteiger partial charge in [-0.25, -0.2) is 4.79 Å². The Bertz CT molecular complexity index is 890. The molecule has 31 heavy (non-hydrogen) atoms. The molecule has 3 rings (SSSR count). The van der Waals surface area contributed by atoms with Gasteiger partial charge in [-0.2, -0.15) is 13.2 Å². The molecule has 168 valence electrons. The molecule has 0 saturated carbocycles. The quantitative estimate of drug-likeness (QED) is 0.647. The number of hydrogen-bond donors (Lipinski definition) is 2. The maximum absolute atomic E-state index is 12.9. The van der Waals surface area contributed by atoms with Gasteiger partial charge in [0.15, 0.2) is 0 Å². The first kappa shape index (κ1) is 23.2. The second-order valence-electron chi connectivity index (χ2n) is 6.95. The molecule has 0 atom stereocenters. The minimum atomic E-state index is -4.60. The lowest BCUT2D eigenvalue weighted by molar-refractivity contribution is -0.137. The highest BCUT2D eigenvalue weighted by Crippen LogP contribution is 2.36. The maximum Gasteiger partial charge on any atom is 0.417 e. The third-order valence-electron chi connectivity index (χ3n) is 4.66. The number of amides is 2. The van der Waals surface area contributed by atoms with Gasteiger partial charge in [-0.05, 0) is 35.9 Å². The second-order valence-corrected chi connectivity index (χ2v) is 7.36. The summed E-state index contributed by atoms with van der Waals surface area (Å²) in [5.74, 6) is 0.681. The van der Waals surface area contributed by atoms with Crippen molar-refractivity contribution in [3.05, 3.63) is 58.6 Å². The number of alkyl halides is 3. The summed E-state index contributed by atoms with van der Waals surface area (Å²) < 4.78 is 49.9. The number of nitrogens with one attached hydrogen (secondary N) is 2. The Morgan fingerprint density at radius 2 is 1.94 bits per heavy atom. The molecule has 0 spiro atoms. The number of carbonyl (C=O) groups excluding carboxylic acids is 1. The van der Waals surface area contributed by atoms with E-state index in [1.165, 1.54) is 6.07 Å². The average molecular weight is 458 g/mol. The van der Waals surface area contributed by atoms with Crippen molar-refractivity contribution in [2.24, 2.45) is 0 Å². The van der Waals surface area contributed by atoms with Crippen LogP contribution in [-0.4, -0.2) is 50.4 Å². The normalized spacial score (nSPS) is 14.8. The molecule has 0 bridgehead atoms. The van der Waals surface area contributed by atoms with Crippen molar-refractivity contribution >= 4 is 23.3 Å². The lowest BCUT2D eigenvalue weighted by Gasteiger charge is -2.26. The number of urea groups is 1. The van der Waals surface area contributed by atoms with E-state index in [0.29, 0.717) is 12.4 Å². The van der Waals surface area contributed by atoms with Crippen LogP contribution in [0.15, 0.2) is 42.5 Å². The molecular weight excluding hydrogens is 435 g/mol. The fourth-order valence-electron chi connectivity index (χ4n) is 3.04. The van der Waals surface area contributed by atoms with Crippen molar-refractivity contribution in [2.75, 3.05) is 44.8 Å². The molecule has 2 N–H and O–H groups in total. The number of benzene rings is 2. The smallest absolute Gasteiger partial charge is 0.417 e. The summed E-state index contributed by atoms with van der Waals surface area (Å²) in [5.41, 5.74) is -0.213. The highest BCUT2D eigenvalue weighted by Gasteiger charge is 2.33. The van der Waals surface area contributed by atoms with E-state index in [1.807, 2.05) is 24.3 Å². The molecule has 2 amide bonds. The number of halogens is 4. The van der Waals surface area contributed by atoms with Crippen LogP contribution < -0.4 is 15.4 Å². The first-order chi connectivity index (χ1) is 14.8. The molecule has 1 heterocycles. The number of morpholine rings is 1. The summed E-state index contributed by atoms with van der Waals surface area (Å²) in [7, 11) is 0. The first-order valence-corrected chi connectivity index (χ1v) is 10.1. The fraction of sp³-hybridized carbons (Fsp3) is 0.381. The monoisotopic (exact) mass is 457 g/mol. The van der Waals surface area contributed by atoms with E-state index < -0.39 is 22.8 Å². The summed E-state index contributed by atoms with van der Waals surface area (Å²) in [6.07, 6.45) is -4.60. The molecule has 0 aliphatic carbocycles. The Morgan fingerprint density at radius 3 is 2.68 bits per heavy atom. The predicted molar refractivity (Wildman–Crippen MR) is 112 cm³/mol. The molecule has 10 heteroatoms. The first-order valence-electron chi connectivity index (χ1n) is 9.75. The maximum atomic E-state index is 12.9. The van der Waals surface area contributed by atoms with Crippen LogP contribution in [0.5, 0.6) is 5.75 Å². The van der Waals surface area contributed by atoms with Gasteiger partial charge in [0.2, 0.25) is 0 Å². The molecule has 1 fully saturated rings. The van der Waals surface area contributed by atoms with Gasteiger partial charge in [-0.3, -0.25) is 4.90 Å². The van der Waals surface area contributed by atoms with Crippen LogP contribution in [0.2, 0.25) is 5.02 Å². The molecule has 0 aromatic heterocycles. The largest absolute Gasteiger partial charge is 0.492 e. The number of nitrogens with zero attached hydrogens (tertiary/aromatic N) is 1. The van der Waals surface area contributed by atoms with Crippen LogP contribution in [-0.2, 0) is 17.5 Å². The number of rotatable bonds is 7. The summed E-state index contributed by atoms with van der Waals surface area (Å²) in [5, 5.41) is 4.57. The summed E-state index contributed by atoms with van der Waals surface area (Å²) in [4.78, 5) is 14.3. The zero-order chi connectivity index (χ0) is 22.3. The molecule has 1 saturated heterocycles. The van der Waals surface area contributed by atoms with Gasteiger partial charge < -0.3 is 20.1 Å². The fourth-order valence-corrected chi connectivity index (χ4v) is 3.27. The van der Waals surface area contributed by atoms with Gasteiger partial charge in [0.05, 0.1) is 23.8 Å². The number of hydrogen-bond acceptors (Lipinski definition) is 4. The van der Waals surface area contributed by atoms with E-state index in [-0.39, 0.29) is 12.2 Å². The summed E-state index contributed by atoms with van der Waals surface area (Å²) in [6.45, 7) is 4.77. The molecule has 0 radical (unpaired) electrons. The van der Waals surface area contributed by atoms with Crippen LogP contribution in [0, 0.1) is 0 Å². The highest BCUT2D eigenvalue weighted by molar-refractivity contribution is 6.31. The Labute approximate surface area is 183 Å². The SMILES string of the molecule is O=C(NCc1cccc(OCCN2CCOCC2)c1)Nc1ccc(Cl)c(C(F)(F)F)c1. The highest BCUT2D eigenvalue weighted by atomic mass is 35.5. The minimum absolute atomic E-state index is 0.00517. The Balaban J connectivity index is 1.47. The Morgan fingerprint density at radius 1 is 1.16 bits per heavy atom. The standard InChI is InChI=1S/C21H23ClF3N3O3/c22-19-5-4-16(13-18(19)21(23,24)25)27-20(29)26-14-15-2-1-3-17(12-15)31-11-8-28-6-9-30-10-7-28/h1-5,12-13H,6-11,14H2,(H2,26,27,29). The molecule has 1 aliphatic heterocycles. The van der Waals surface area contributed by atoms with E-state index >= 15 is 0 Å². The molecule has 0 unspecified atom stereocenters. The van der Waals surface area contributed by atoms with Crippen LogP contribution in [0.25, 0.3) is 0 Å². The van der Waals surface area contributed by atoms with E-state index in [0.717, 1.165) is 50.5 Å². The third-order valence-corrected chi connectivity index (χ3v) is 4.99. The van der Waals surface area contributed by atoms with Crippen molar-refractivity contribution in [1.82, 2.24) is 10.2 Å². The number of ether oxygens (including phenoxy) is 2. The number of carbonyl (C=O) groups is 1. The second kappa shape index (κ2) is 10.7. The number of anilines is 1. The molecule has 2 aromatic rings. The Kier molecular flexibility index (Phi) is 8.00. The summed E-state index contributed by atoms with van der Waals surface area (Å²) in [6, 6.07) is 9.84. The van der Waals surface area contributed by atoms with E-state index in [1.54, 1.807) is 0 Å². The molecule has 2 aromatic carbocycles. The van der Waals surface area contributed by atoms with E-state index in [2.05, 4.69) is 15.5 Å². The van der Waals surface area contributed by atoms with Crippen molar-refractivity contribution in [1.29, 1.82) is 0 Å². The van der Waals surface area contributed by atoms with Crippen LogP contribution in [0.1, 0.15) is 11.1 Å². The molecule has 1 aliphatic rings. The average Bonchev–Trinajstić information content (AvgIpc) is 2.74. The topological polar surface area (TPSA) is 62.8 Å². The zero-order valence-corrected chi connectivity index (χ0v) is 17.4. The summed E-state index contributed by atoms with van der Waals surface area (Å²) >= 11 is 5.59. The Hall–Kier alpha value is -2.49. The van der Waals surface area contributed by atoms with Crippen LogP contribution in [0.3, 0.4) is 0 Å². The lowest BCUT2D eigenvalue weighted by atomic mass is 10.2. The molecular formula is C21H23ClF3N3O3. The van der Waals surface area contributed by atoms with E-state index in [9.17, 15) is 18.0 Å². The molecule has 6 nitrogen and oxygen atoms in total.